The molecule has 0 aliphatic carbocycles. The maximum atomic E-state index is 12.7. The lowest BCUT2D eigenvalue weighted by atomic mass is 9.98. The van der Waals surface area contributed by atoms with E-state index in [9.17, 15) is 9.59 Å². The summed E-state index contributed by atoms with van der Waals surface area (Å²) in [4.78, 5) is 32.8. The van der Waals surface area contributed by atoms with Crippen molar-refractivity contribution in [2.24, 2.45) is 5.92 Å². The molecule has 1 aromatic carbocycles. The summed E-state index contributed by atoms with van der Waals surface area (Å²) in [5.41, 5.74) is 1.16. The van der Waals surface area contributed by atoms with Gasteiger partial charge in [0.25, 0.3) is 0 Å². The van der Waals surface area contributed by atoms with Crippen LogP contribution < -0.4 is 4.90 Å². The number of nitrogens with zero attached hydrogens (tertiary/aromatic N) is 4. The summed E-state index contributed by atoms with van der Waals surface area (Å²) in [5.74, 6) is 0.326. The third kappa shape index (κ3) is 5.28. The topological polar surface area (TPSA) is 75.6 Å². The number of carbonyl (C=O) groups excluding carboxylic acids is 2. The number of carbonyl (C=O) groups is 2. The first-order valence-corrected chi connectivity index (χ1v) is 10.4. The Morgan fingerprint density at radius 2 is 2.11 bits per heavy atom. The first-order chi connectivity index (χ1) is 13.6. The molecule has 0 spiro atoms. The van der Waals surface area contributed by atoms with Crippen LogP contribution in [0.4, 0.5) is 5.13 Å². The molecule has 1 unspecified atom stereocenters. The average molecular weight is 403 g/mol. The third-order valence-electron chi connectivity index (χ3n) is 4.76. The molecule has 2 aromatic rings. The van der Waals surface area contributed by atoms with Gasteiger partial charge in [0.15, 0.2) is 0 Å². The summed E-state index contributed by atoms with van der Waals surface area (Å²) in [6, 6.07) is 10.1. The van der Waals surface area contributed by atoms with Gasteiger partial charge in [-0.15, -0.1) is 0 Å². The molecule has 1 aliphatic heterocycles. The summed E-state index contributed by atoms with van der Waals surface area (Å²) >= 11 is 1.30. The Morgan fingerprint density at radius 1 is 1.32 bits per heavy atom. The molecule has 0 bridgehead atoms. The van der Waals surface area contributed by atoms with Crippen LogP contribution in [0.5, 0.6) is 0 Å². The lowest BCUT2D eigenvalue weighted by Crippen LogP contribution is -2.46. The highest BCUT2D eigenvalue weighted by atomic mass is 32.1. The van der Waals surface area contributed by atoms with Crippen LogP contribution in [0.2, 0.25) is 0 Å². The molecule has 28 heavy (non-hydrogen) atoms. The minimum atomic E-state index is -0.220. The van der Waals surface area contributed by atoms with Gasteiger partial charge in [-0.25, -0.2) is 4.98 Å². The van der Waals surface area contributed by atoms with E-state index < -0.39 is 0 Å². The predicted octanol–water partition coefficient (Wildman–Crippen LogP) is 2.37. The molecule has 8 heteroatoms. The van der Waals surface area contributed by atoms with Crippen molar-refractivity contribution in [3.05, 3.63) is 41.7 Å². The van der Waals surface area contributed by atoms with E-state index in [0.29, 0.717) is 26.1 Å². The number of ether oxygens (including phenoxy) is 1. The summed E-state index contributed by atoms with van der Waals surface area (Å²) in [5, 5.41) is 0.721. The maximum Gasteiger partial charge on any atom is 0.310 e. The maximum absolute atomic E-state index is 12.7. The van der Waals surface area contributed by atoms with Crippen LogP contribution in [0.3, 0.4) is 0 Å². The molecule has 0 saturated carbocycles. The third-order valence-corrected chi connectivity index (χ3v) is 5.62. The van der Waals surface area contributed by atoms with E-state index in [1.807, 2.05) is 42.3 Å². The quantitative estimate of drug-likeness (QED) is 0.662. The normalized spacial score (nSPS) is 16.6. The van der Waals surface area contributed by atoms with Gasteiger partial charge in [-0.1, -0.05) is 30.3 Å². The number of aromatic nitrogens is 2. The summed E-state index contributed by atoms with van der Waals surface area (Å²) in [7, 11) is 1.84. The van der Waals surface area contributed by atoms with Gasteiger partial charge < -0.3 is 14.5 Å². The molecule has 7 nitrogen and oxygen atoms in total. The van der Waals surface area contributed by atoms with Crippen molar-refractivity contribution in [1.29, 1.82) is 0 Å². The monoisotopic (exact) mass is 402 g/mol. The van der Waals surface area contributed by atoms with Crippen LogP contribution in [0.25, 0.3) is 0 Å². The Labute approximate surface area is 169 Å². The molecular formula is C20H26N4O3S. The number of rotatable bonds is 7. The van der Waals surface area contributed by atoms with E-state index in [-0.39, 0.29) is 24.3 Å². The first-order valence-electron chi connectivity index (χ1n) is 9.59. The number of likely N-dealkylation sites (N-methyl/N-ethyl adjacent to an activating group) is 1. The van der Waals surface area contributed by atoms with Gasteiger partial charge in [-0.05, 0) is 25.3 Å². The minimum Gasteiger partial charge on any atom is -0.466 e. The predicted molar refractivity (Wildman–Crippen MR) is 108 cm³/mol. The minimum absolute atomic E-state index is 0.00342. The molecule has 0 radical (unpaired) electrons. The summed E-state index contributed by atoms with van der Waals surface area (Å²) in [6.07, 6.45) is 2.27. The zero-order chi connectivity index (χ0) is 19.9. The lowest BCUT2D eigenvalue weighted by molar-refractivity contribution is -0.151. The van der Waals surface area contributed by atoms with Crippen molar-refractivity contribution in [2.45, 2.75) is 26.2 Å². The second-order valence-corrected chi connectivity index (χ2v) is 7.67. The van der Waals surface area contributed by atoms with Gasteiger partial charge in [0, 0.05) is 38.1 Å². The second-order valence-electron chi connectivity index (χ2n) is 6.94. The number of piperidine rings is 1. The van der Waals surface area contributed by atoms with Crippen LogP contribution >= 0.6 is 11.5 Å². The van der Waals surface area contributed by atoms with Gasteiger partial charge in [0.2, 0.25) is 11.0 Å². The molecule has 1 aromatic heterocycles. The van der Waals surface area contributed by atoms with Gasteiger partial charge in [-0.3, -0.25) is 9.59 Å². The number of esters is 1. The number of hydrogen-bond acceptors (Lipinski definition) is 7. The Balaban J connectivity index is 1.54. The van der Waals surface area contributed by atoms with Gasteiger partial charge in [0.05, 0.1) is 19.1 Å². The van der Waals surface area contributed by atoms with Crippen molar-refractivity contribution in [1.82, 2.24) is 14.3 Å². The molecule has 3 rings (SSSR count). The van der Waals surface area contributed by atoms with Crippen molar-refractivity contribution < 1.29 is 14.3 Å². The molecule has 1 saturated heterocycles. The highest BCUT2D eigenvalue weighted by Gasteiger charge is 2.29. The average Bonchev–Trinajstić information content (AvgIpc) is 3.17. The number of likely N-dealkylation sites (tertiary alicyclic amines) is 1. The standard InChI is InChI=1S/C20H26N4O3S/c1-3-27-19(26)16-10-7-11-24(13-16)18(25)14-23(2)20-21-17(22-28-20)12-15-8-5-4-6-9-15/h4-6,8-9,16H,3,7,10-14H2,1-2H3. The molecule has 2 heterocycles. The Kier molecular flexibility index (Phi) is 6.97. The number of benzene rings is 1. The zero-order valence-corrected chi connectivity index (χ0v) is 17.2. The first kappa shape index (κ1) is 20.3. The van der Waals surface area contributed by atoms with Crippen molar-refractivity contribution in [3.63, 3.8) is 0 Å². The number of amides is 1. The lowest BCUT2D eigenvalue weighted by Gasteiger charge is -2.32. The van der Waals surface area contributed by atoms with Gasteiger partial charge in [-0.2, -0.15) is 4.37 Å². The molecule has 1 atom stereocenters. The molecule has 0 N–H and O–H groups in total. The van der Waals surface area contributed by atoms with Crippen LogP contribution in [0.15, 0.2) is 30.3 Å². The van der Waals surface area contributed by atoms with E-state index in [4.69, 9.17) is 4.74 Å². The summed E-state index contributed by atoms with van der Waals surface area (Å²) < 4.78 is 9.52. The van der Waals surface area contributed by atoms with E-state index in [2.05, 4.69) is 9.36 Å². The largest absolute Gasteiger partial charge is 0.466 e. The Morgan fingerprint density at radius 3 is 2.86 bits per heavy atom. The zero-order valence-electron chi connectivity index (χ0n) is 16.3. The SMILES string of the molecule is CCOC(=O)C1CCCN(C(=O)CN(C)c2nc(Cc3ccccc3)ns2)C1. The smallest absolute Gasteiger partial charge is 0.310 e. The Bertz CT molecular complexity index is 796. The van der Waals surface area contributed by atoms with E-state index >= 15 is 0 Å². The van der Waals surface area contributed by atoms with E-state index in [0.717, 1.165) is 29.4 Å². The van der Waals surface area contributed by atoms with Crippen LogP contribution in [-0.4, -0.2) is 59.4 Å². The van der Waals surface area contributed by atoms with Gasteiger partial charge >= 0.3 is 5.97 Å². The van der Waals surface area contributed by atoms with Crippen molar-refractivity contribution in [2.75, 3.05) is 38.2 Å². The van der Waals surface area contributed by atoms with Crippen LogP contribution in [0.1, 0.15) is 31.2 Å². The Hall–Kier alpha value is -2.48. The molecule has 150 valence electrons. The molecular weight excluding hydrogens is 376 g/mol. The highest BCUT2D eigenvalue weighted by molar-refractivity contribution is 7.09. The molecule has 1 aliphatic rings. The fraction of sp³-hybridized carbons (Fsp3) is 0.500. The fourth-order valence-corrected chi connectivity index (χ4v) is 3.92. The number of hydrogen-bond donors (Lipinski definition) is 0. The highest BCUT2D eigenvalue weighted by Crippen LogP contribution is 2.20. The van der Waals surface area contributed by atoms with E-state index in [1.54, 1.807) is 11.8 Å². The van der Waals surface area contributed by atoms with Gasteiger partial charge in [0.1, 0.15) is 5.82 Å². The van der Waals surface area contributed by atoms with Crippen LogP contribution in [0, 0.1) is 5.92 Å². The van der Waals surface area contributed by atoms with Crippen LogP contribution in [-0.2, 0) is 20.7 Å². The van der Waals surface area contributed by atoms with Crippen molar-refractivity contribution in [3.8, 4) is 0 Å². The van der Waals surface area contributed by atoms with Crippen molar-refractivity contribution >= 4 is 28.5 Å². The molecule has 1 fully saturated rings. The number of anilines is 1. The van der Waals surface area contributed by atoms with E-state index in [1.165, 1.54) is 11.5 Å². The fourth-order valence-electron chi connectivity index (χ4n) is 3.28. The molecule has 1 amide bonds. The second kappa shape index (κ2) is 9.64. The summed E-state index contributed by atoms with van der Waals surface area (Å²) in [6.45, 7) is 3.50.